The SMILES string of the molecule is CCCC(=O)Nc1nnc(CCOc2cccc(C)c2)s1. The molecular weight excluding hydrogens is 286 g/mol. The number of nitrogens with zero attached hydrogens (tertiary/aromatic N) is 2. The zero-order chi connectivity index (χ0) is 15.1. The van der Waals surface area contributed by atoms with Gasteiger partial charge in [0.15, 0.2) is 0 Å². The van der Waals surface area contributed by atoms with E-state index >= 15 is 0 Å². The number of ether oxygens (including phenoxy) is 1. The Morgan fingerprint density at radius 2 is 2.24 bits per heavy atom. The monoisotopic (exact) mass is 305 g/mol. The van der Waals surface area contributed by atoms with Gasteiger partial charge >= 0.3 is 0 Å². The molecule has 1 aromatic heterocycles. The molecule has 0 fully saturated rings. The number of hydrogen-bond donors (Lipinski definition) is 1. The van der Waals surface area contributed by atoms with Gasteiger partial charge in [-0.15, -0.1) is 10.2 Å². The van der Waals surface area contributed by atoms with Crippen molar-refractivity contribution in [2.75, 3.05) is 11.9 Å². The van der Waals surface area contributed by atoms with Crippen LogP contribution in [0.1, 0.15) is 30.3 Å². The Morgan fingerprint density at radius 3 is 3.00 bits per heavy atom. The van der Waals surface area contributed by atoms with Gasteiger partial charge in [-0.2, -0.15) is 0 Å². The maximum atomic E-state index is 11.5. The highest BCUT2D eigenvalue weighted by molar-refractivity contribution is 7.15. The highest BCUT2D eigenvalue weighted by Crippen LogP contribution is 2.17. The zero-order valence-corrected chi connectivity index (χ0v) is 13.1. The molecule has 1 aromatic carbocycles. The second-order valence-corrected chi connectivity index (χ2v) is 5.78. The molecule has 0 radical (unpaired) electrons. The van der Waals surface area contributed by atoms with E-state index in [9.17, 15) is 4.79 Å². The van der Waals surface area contributed by atoms with Crippen molar-refractivity contribution < 1.29 is 9.53 Å². The van der Waals surface area contributed by atoms with Crippen LogP contribution in [0.2, 0.25) is 0 Å². The van der Waals surface area contributed by atoms with Crippen LogP contribution in [0.5, 0.6) is 5.75 Å². The van der Waals surface area contributed by atoms with E-state index in [0.717, 1.165) is 17.2 Å². The fourth-order valence-electron chi connectivity index (χ4n) is 1.78. The molecule has 0 aliphatic carbocycles. The van der Waals surface area contributed by atoms with Gasteiger partial charge in [-0.1, -0.05) is 30.4 Å². The van der Waals surface area contributed by atoms with E-state index in [1.54, 1.807) is 0 Å². The van der Waals surface area contributed by atoms with Gasteiger partial charge in [0.1, 0.15) is 10.8 Å². The van der Waals surface area contributed by atoms with E-state index in [0.29, 0.717) is 24.6 Å². The highest BCUT2D eigenvalue weighted by Gasteiger charge is 2.07. The minimum Gasteiger partial charge on any atom is -0.493 e. The Hall–Kier alpha value is -1.95. The average molecular weight is 305 g/mol. The van der Waals surface area contributed by atoms with Crippen LogP contribution in [0.25, 0.3) is 0 Å². The zero-order valence-electron chi connectivity index (χ0n) is 12.3. The minimum atomic E-state index is -0.0174. The van der Waals surface area contributed by atoms with Crippen molar-refractivity contribution in [2.45, 2.75) is 33.1 Å². The first-order chi connectivity index (χ1) is 10.2. The number of carbonyl (C=O) groups excluding carboxylic acids is 1. The van der Waals surface area contributed by atoms with Crippen molar-refractivity contribution in [1.29, 1.82) is 0 Å². The van der Waals surface area contributed by atoms with Gasteiger partial charge in [0.2, 0.25) is 11.0 Å². The van der Waals surface area contributed by atoms with Gasteiger partial charge in [-0.05, 0) is 31.0 Å². The summed E-state index contributed by atoms with van der Waals surface area (Å²) in [4.78, 5) is 11.5. The third-order valence-corrected chi connectivity index (χ3v) is 3.66. The van der Waals surface area contributed by atoms with Crippen LogP contribution >= 0.6 is 11.3 Å². The number of rotatable bonds is 7. The molecule has 21 heavy (non-hydrogen) atoms. The van der Waals surface area contributed by atoms with Crippen LogP contribution in [0, 0.1) is 6.92 Å². The van der Waals surface area contributed by atoms with Crippen LogP contribution in [-0.4, -0.2) is 22.7 Å². The van der Waals surface area contributed by atoms with Gasteiger partial charge < -0.3 is 10.1 Å². The smallest absolute Gasteiger partial charge is 0.226 e. The molecule has 0 unspecified atom stereocenters. The van der Waals surface area contributed by atoms with Crippen molar-refractivity contribution in [3.63, 3.8) is 0 Å². The molecule has 112 valence electrons. The molecule has 5 nitrogen and oxygen atoms in total. The van der Waals surface area contributed by atoms with E-state index < -0.39 is 0 Å². The molecule has 0 aliphatic rings. The summed E-state index contributed by atoms with van der Waals surface area (Å²) in [6.07, 6.45) is 2.00. The molecule has 2 rings (SSSR count). The van der Waals surface area contributed by atoms with Crippen LogP contribution in [0.3, 0.4) is 0 Å². The summed E-state index contributed by atoms with van der Waals surface area (Å²) in [5.74, 6) is 0.840. The Bertz CT molecular complexity index is 598. The summed E-state index contributed by atoms with van der Waals surface area (Å²) in [5, 5.41) is 12.2. The third-order valence-electron chi connectivity index (χ3n) is 2.76. The van der Waals surface area contributed by atoms with Gasteiger partial charge in [-0.25, -0.2) is 0 Å². The summed E-state index contributed by atoms with van der Waals surface area (Å²) in [5.41, 5.74) is 1.17. The Kier molecular flexibility index (Phi) is 5.68. The van der Waals surface area contributed by atoms with Gasteiger partial charge in [0.25, 0.3) is 0 Å². The van der Waals surface area contributed by atoms with Crippen molar-refractivity contribution in [3.05, 3.63) is 34.8 Å². The number of amides is 1. The molecule has 1 heterocycles. The maximum absolute atomic E-state index is 11.5. The molecular formula is C15H19N3O2S. The molecule has 6 heteroatoms. The molecule has 2 aromatic rings. The molecule has 0 saturated carbocycles. The standard InChI is InChI=1S/C15H19N3O2S/c1-3-5-13(19)16-15-18-17-14(21-15)8-9-20-12-7-4-6-11(2)10-12/h4,6-7,10H,3,5,8-9H2,1-2H3,(H,16,18,19). The van der Waals surface area contributed by atoms with E-state index in [2.05, 4.69) is 15.5 Å². The van der Waals surface area contributed by atoms with Crippen LogP contribution in [-0.2, 0) is 11.2 Å². The number of nitrogens with one attached hydrogen (secondary N) is 1. The van der Waals surface area contributed by atoms with Crippen LogP contribution in [0.15, 0.2) is 24.3 Å². The normalized spacial score (nSPS) is 10.4. The number of benzene rings is 1. The summed E-state index contributed by atoms with van der Waals surface area (Å²) >= 11 is 1.39. The topological polar surface area (TPSA) is 64.1 Å². The van der Waals surface area contributed by atoms with Crippen molar-refractivity contribution in [1.82, 2.24) is 10.2 Å². The lowest BCUT2D eigenvalue weighted by Crippen LogP contribution is -2.10. The van der Waals surface area contributed by atoms with Crippen molar-refractivity contribution in [2.24, 2.45) is 0 Å². The lowest BCUT2D eigenvalue weighted by atomic mass is 10.2. The van der Waals surface area contributed by atoms with E-state index in [4.69, 9.17) is 4.74 Å². The summed E-state index contributed by atoms with van der Waals surface area (Å²) in [6.45, 7) is 4.54. The molecule has 0 atom stereocenters. The van der Waals surface area contributed by atoms with Gasteiger partial charge in [0.05, 0.1) is 6.61 Å². The molecule has 1 N–H and O–H groups in total. The molecule has 0 aliphatic heterocycles. The van der Waals surface area contributed by atoms with E-state index in [1.165, 1.54) is 16.9 Å². The van der Waals surface area contributed by atoms with Gasteiger partial charge in [0, 0.05) is 12.8 Å². The van der Waals surface area contributed by atoms with E-state index in [1.807, 2.05) is 38.1 Å². The summed E-state index contributed by atoms with van der Waals surface area (Å²) in [7, 11) is 0. The molecule has 0 spiro atoms. The van der Waals surface area contributed by atoms with Crippen LogP contribution in [0.4, 0.5) is 5.13 Å². The van der Waals surface area contributed by atoms with Crippen LogP contribution < -0.4 is 10.1 Å². The predicted octanol–water partition coefficient (Wildman–Crippen LogP) is 3.21. The summed E-state index contributed by atoms with van der Waals surface area (Å²) < 4.78 is 5.67. The second kappa shape index (κ2) is 7.73. The third kappa shape index (κ3) is 5.15. The van der Waals surface area contributed by atoms with Crippen molar-refractivity contribution in [3.8, 4) is 5.75 Å². The molecule has 0 saturated heterocycles. The predicted molar refractivity (Wildman–Crippen MR) is 83.8 cm³/mol. The Labute approximate surface area is 128 Å². The lowest BCUT2D eigenvalue weighted by molar-refractivity contribution is -0.116. The first-order valence-electron chi connectivity index (χ1n) is 6.99. The Morgan fingerprint density at radius 1 is 1.38 bits per heavy atom. The lowest BCUT2D eigenvalue weighted by Gasteiger charge is -2.04. The number of anilines is 1. The average Bonchev–Trinajstić information content (AvgIpc) is 2.86. The van der Waals surface area contributed by atoms with Crippen molar-refractivity contribution >= 4 is 22.4 Å². The van der Waals surface area contributed by atoms with Gasteiger partial charge in [-0.3, -0.25) is 4.79 Å². The number of aryl methyl sites for hydroxylation is 1. The fraction of sp³-hybridized carbons (Fsp3) is 0.400. The number of carbonyl (C=O) groups is 1. The van der Waals surface area contributed by atoms with E-state index in [-0.39, 0.29) is 5.91 Å². The summed E-state index contributed by atoms with van der Waals surface area (Å²) in [6, 6.07) is 7.93. The number of aromatic nitrogens is 2. The maximum Gasteiger partial charge on any atom is 0.226 e. The minimum absolute atomic E-state index is 0.0174. The Balaban J connectivity index is 1.79. The highest BCUT2D eigenvalue weighted by atomic mass is 32.1. The number of hydrogen-bond acceptors (Lipinski definition) is 5. The largest absolute Gasteiger partial charge is 0.493 e. The molecule has 1 amide bonds. The first-order valence-corrected chi connectivity index (χ1v) is 7.80. The second-order valence-electron chi connectivity index (χ2n) is 4.71. The quantitative estimate of drug-likeness (QED) is 0.853. The first kappa shape index (κ1) is 15.4. The molecule has 0 bridgehead atoms. The fourth-order valence-corrected chi connectivity index (χ4v) is 2.51.